The Kier molecular flexibility index (Phi) is 9.79. The van der Waals surface area contributed by atoms with Gasteiger partial charge in [-0.05, 0) is 89.7 Å². The smallest absolute Gasteiger partial charge is 0.273 e. The number of amides is 1. The molecule has 0 aliphatic rings. The molecule has 0 spiro atoms. The summed E-state index contributed by atoms with van der Waals surface area (Å²) in [6, 6.07) is 5.84. The summed E-state index contributed by atoms with van der Waals surface area (Å²) >= 11 is 0.924. The van der Waals surface area contributed by atoms with Crippen LogP contribution in [0.25, 0.3) is 11.1 Å². The third kappa shape index (κ3) is 6.82. The summed E-state index contributed by atoms with van der Waals surface area (Å²) in [5, 5.41) is 11.6. The Hall–Kier alpha value is -0.984. The molecule has 2 N–H and O–H groups in total. The average molecular weight is 530 g/mol. The van der Waals surface area contributed by atoms with Gasteiger partial charge in [-0.2, -0.15) is 0 Å². The minimum Gasteiger partial charge on any atom is -0.386 e. The second kappa shape index (κ2) is 11.4. The number of hydrogen-bond acceptors (Lipinski definition) is 6. The topological polar surface area (TPSA) is 96.4 Å². The van der Waals surface area contributed by atoms with Crippen LogP contribution in [-0.4, -0.2) is 75.8 Å². The van der Waals surface area contributed by atoms with E-state index >= 15 is 0 Å². The van der Waals surface area contributed by atoms with Crippen molar-refractivity contribution in [3.8, 4) is 11.1 Å². The number of carbonyl (C=O) groups is 1. The van der Waals surface area contributed by atoms with Gasteiger partial charge >= 0.3 is 0 Å². The number of aryl methyl sites for hydroxylation is 1. The summed E-state index contributed by atoms with van der Waals surface area (Å²) in [6.07, 6.45) is 3.00. The Balaban J connectivity index is 0.00000408. The Labute approximate surface area is 246 Å². The van der Waals surface area contributed by atoms with Crippen LogP contribution in [0.3, 0.4) is 0 Å². The van der Waals surface area contributed by atoms with Crippen molar-refractivity contribution in [2.24, 2.45) is 0 Å². The molecule has 3 rings (SSSR count). The number of pyridine rings is 1. The van der Waals surface area contributed by atoms with Gasteiger partial charge in [-0.25, -0.2) is 17.5 Å². The maximum Gasteiger partial charge on any atom is 0.273 e. The van der Waals surface area contributed by atoms with Crippen LogP contribution in [0.2, 0.25) is 0 Å². The van der Waals surface area contributed by atoms with Crippen molar-refractivity contribution in [3.05, 3.63) is 70.1 Å². The Morgan fingerprint density at radius 1 is 1.24 bits per heavy atom. The van der Waals surface area contributed by atoms with E-state index in [4.69, 9.17) is 0 Å². The number of carbonyl (C=O) groups excluding carboxylic acids is 1. The summed E-state index contributed by atoms with van der Waals surface area (Å²) in [5.41, 5.74) is 2.51. The van der Waals surface area contributed by atoms with Gasteiger partial charge in [0, 0.05) is 63.8 Å². The Morgan fingerprint density at radius 2 is 1.91 bits per heavy atom. The number of benzene rings is 1. The first kappa shape index (κ1) is 29.2. The zero-order valence-corrected chi connectivity index (χ0v) is 24.9. The Bertz CT molecular complexity index is 1300. The van der Waals surface area contributed by atoms with E-state index in [-0.39, 0.29) is 67.9 Å². The van der Waals surface area contributed by atoms with Crippen molar-refractivity contribution in [1.82, 2.24) is 9.71 Å². The average Bonchev–Trinajstić information content (AvgIpc) is 3.21. The minimum absolute atomic E-state index is 0. The predicted molar refractivity (Wildman–Crippen MR) is 133 cm³/mol. The molecule has 1 radical (unpaired) electrons. The molecule has 0 saturated carbocycles. The zero-order chi connectivity index (χ0) is 24.6. The van der Waals surface area contributed by atoms with Crippen molar-refractivity contribution < 1.29 is 22.7 Å². The number of thiophene rings is 1. The molecular weight excluding hydrogens is 503 g/mol. The van der Waals surface area contributed by atoms with Gasteiger partial charge < -0.3 is 5.11 Å². The van der Waals surface area contributed by atoms with Crippen molar-refractivity contribution in [2.45, 2.75) is 56.8 Å². The summed E-state index contributed by atoms with van der Waals surface area (Å²) in [5.74, 6) is -1.25. The standard InChI is InChI=1S/C24H27FN2O4S2.K/c1-14(2)19-9-17(25)10-20(18-6-7-26-12-15(18)3)21(19)11-22(28)27-33(30,31)23-8-16(13-32-23)24(4,5)29;/h6-10,12-14,29H,11H2,1-5H3,(H,27,28);. The molecule has 0 bridgehead atoms. The van der Waals surface area contributed by atoms with E-state index in [1.165, 1.54) is 18.2 Å². The van der Waals surface area contributed by atoms with E-state index in [1.807, 2.05) is 20.8 Å². The summed E-state index contributed by atoms with van der Waals surface area (Å²) in [4.78, 5) is 17.0. The zero-order valence-electron chi connectivity index (χ0n) is 20.1. The molecule has 0 atom stereocenters. The minimum atomic E-state index is -4.12. The second-order valence-corrected chi connectivity index (χ2v) is 11.6. The number of aliphatic hydroxyl groups is 1. The summed E-state index contributed by atoms with van der Waals surface area (Å²) < 4.78 is 42.1. The molecule has 0 aliphatic heterocycles. The Morgan fingerprint density at radius 3 is 2.47 bits per heavy atom. The fourth-order valence-electron chi connectivity index (χ4n) is 3.56. The van der Waals surface area contributed by atoms with E-state index in [9.17, 15) is 22.7 Å². The molecule has 3 aromatic rings. The number of nitrogens with zero attached hydrogens (tertiary/aromatic N) is 1. The van der Waals surface area contributed by atoms with Crippen LogP contribution in [0.15, 0.2) is 46.2 Å². The molecule has 2 aromatic heterocycles. The normalized spacial score (nSPS) is 11.9. The van der Waals surface area contributed by atoms with E-state index in [0.717, 1.165) is 22.5 Å². The molecule has 177 valence electrons. The SMILES string of the molecule is Cc1cnccc1-c1cc(F)cc(C(C)C)c1CC(=O)NS(=O)(=O)c1cc(C(C)(C)O)cs1.[K]. The van der Waals surface area contributed by atoms with Crippen molar-refractivity contribution in [3.63, 3.8) is 0 Å². The quantitative estimate of drug-likeness (QED) is 0.446. The largest absolute Gasteiger partial charge is 0.386 e. The van der Waals surface area contributed by atoms with Crippen LogP contribution < -0.4 is 4.72 Å². The van der Waals surface area contributed by atoms with Crippen LogP contribution in [0.5, 0.6) is 0 Å². The van der Waals surface area contributed by atoms with Crippen molar-refractivity contribution >= 4 is 78.7 Å². The van der Waals surface area contributed by atoms with Crippen LogP contribution in [0.4, 0.5) is 4.39 Å². The summed E-state index contributed by atoms with van der Waals surface area (Å²) in [6.45, 7) is 8.72. The molecule has 0 unspecified atom stereocenters. The maximum atomic E-state index is 14.5. The molecule has 0 aliphatic carbocycles. The van der Waals surface area contributed by atoms with Gasteiger partial charge in [0.2, 0.25) is 5.91 Å². The van der Waals surface area contributed by atoms with Crippen molar-refractivity contribution in [2.75, 3.05) is 0 Å². The number of halogens is 1. The number of sulfonamides is 1. The first-order valence-corrected chi connectivity index (χ1v) is 12.8. The fourth-order valence-corrected chi connectivity index (χ4v) is 5.89. The number of nitrogens with one attached hydrogen (secondary N) is 1. The van der Waals surface area contributed by atoms with Gasteiger partial charge in [-0.15, -0.1) is 11.3 Å². The second-order valence-electron chi connectivity index (χ2n) is 8.79. The van der Waals surface area contributed by atoms with Gasteiger partial charge in [0.25, 0.3) is 10.0 Å². The number of rotatable bonds is 7. The van der Waals surface area contributed by atoms with Crippen LogP contribution in [0.1, 0.15) is 55.9 Å². The van der Waals surface area contributed by atoms with Gasteiger partial charge in [0.1, 0.15) is 10.0 Å². The van der Waals surface area contributed by atoms with Crippen LogP contribution in [-0.2, 0) is 26.8 Å². The van der Waals surface area contributed by atoms with Crippen LogP contribution in [0, 0.1) is 12.7 Å². The first-order chi connectivity index (χ1) is 15.3. The molecular formula is C24H27FKN2O4S2. The molecule has 10 heteroatoms. The third-order valence-electron chi connectivity index (χ3n) is 5.31. The van der Waals surface area contributed by atoms with Gasteiger partial charge in [0.15, 0.2) is 0 Å². The van der Waals surface area contributed by atoms with E-state index in [0.29, 0.717) is 22.3 Å². The van der Waals surface area contributed by atoms with Crippen LogP contribution >= 0.6 is 11.3 Å². The molecule has 0 saturated heterocycles. The molecule has 2 heterocycles. The molecule has 0 fully saturated rings. The van der Waals surface area contributed by atoms with Gasteiger partial charge in [-0.1, -0.05) is 13.8 Å². The van der Waals surface area contributed by atoms with E-state index < -0.39 is 27.3 Å². The number of aromatic nitrogens is 1. The maximum absolute atomic E-state index is 14.5. The molecule has 1 aromatic carbocycles. The molecule has 1 amide bonds. The predicted octanol–water partition coefficient (Wildman–Crippen LogP) is 4.28. The fraction of sp³-hybridized carbons (Fsp3) is 0.333. The summed E-state index contributed by atoms with van der Waals surface area (Å²) in [7, 11) is -4.12. The first-order valence-electron chi connectivity index (χ1n) is 10.4. The third-order valence-corrected chi connectivity index (χ3v) is 8.13. The number of hydrogen-bond donors (Lipinski definition) is 2. The van der Waals surface area contributed by atoms with E-state index in [2.05, 4.69) is 9.71 Å². The van der Waals surface area contributed by atoms with Crippen molar-refractivity contribution in [1.29, 1.82) is 0 Å². The molecule has 6 nitrogen and oxygen atoms in total. The van der Waals surface area contributed by atoms with E-state index in [1.54, 1.807) is 37.7 Å². The van der Waals surface area contributed by atoms with Gasteiger partial charge in [0.05, 0.1) is 12.0 Å². The van der Waals surface area contributed by atoms with Gasteiger partial charge in [-0.3, -0.25) is 9.78 Å². The molecule has 34 heavy (non-hydrogen) atoms. The monoisotopic (exact) mass is 529 g/mol.